The van der Waals surface area contributed by atoms with Crippen LogP contribution in [-0.2, 0) is 5.54 Å². The summed E-state index contributed by atoms with van der Waals surface area (Å²) in [4.78, 5) is 10.2. The average molecular weight is 514 g/mol. The monoisotopic (exact) mass is 513 g/mol. The molecule has 37 heavy (non-hydrogen) atoms. The zero-order chi connectivity index (χ0) is 25.9. The number of nitrogens with zero attached hydrogens (tertiary/aromatic N) is 4. The summed E-state index contributed by atoms with van der Waals surface area (Å²) in [6, 6.07) is 17.2. The highest BCUT2D eigenvalue weighted by molar-refractivity contribution is 6.32. The quantitative estimate of drug-likeness (QED) is 0.504. The molecule has 3 heterocycles. The number of nitrogens with two attached hydrogens (primary N) is 1. The highest BCUT2D eigenvalue weighted by Gasteiger charge is 2.49. The molecule has 2 aromatic carbocycles. The van der Waals surface area contributed by atoms with E-state index in [1.807, 2.05) is 24.4 Å². The number of halogens is 1. The molecule has 6 heteroatoms. The Morgan fingerprint density at radius 2 is 1.84 bits per heavy atom. The molecule has 2 fully saturated rings. The summed E-state index contributed by atoms with van der Waals surface area (Å²) >= 11 is 6.68. The van der Waals surface area contributed by atoms with Crippen molar-refractivity contribution in [1.82, 2.24) is 10.0 Å². The SMILES string of the molecule is CCC1(C)CC(N)(c2ccc(C3=NC4C(=CN=C5CC(C)N(C)N54)CC(c4ccccc4Cl)=C3)cc2)C1. The van der Waals surface area contributed by atoms with Gasteiger partial charge >= 0.3 is 0 Å². The zero-order valence-electron chi connectivity index (χ0n) is 22.2. The Kier molecular flexibility index (Phi) is 5.94. The first-order valence-corrected chi connectivity index (χ1v) is 13.8. The van der Waals surface area contributed by atoms with Crippen molar-refractivity contribution in [3.63, 3.8) is 0 Å². The third-order valence-electron chi connectivity index (χ3n) is 8.94. The first-order chi connectivity index (χ1) is 17.7. The van der Waals surface area contributed by atoms with Crippen LogP contribution < -0.4 is 5.73 Å². The highest BCUT2D eigenvalue weighted by atomic mass is 35.5. The van der Waals surface area contributed by atoms with E-state index in [1.165, 1.54) is 17.6 Å². The van der Waals surface area contributed by atoms with E-state index < -0.39 is 0 Å². The maximum absolute atomic E-state index is 6.83. The molecule has 4 aliphatic rings. The third kappa shape index (κ3) is 4.18. The lowest BCUT2D eigenvalue weighted by molar-refractivity contribution is 0.0391. The molecule has 1 saturated carbocycles. The number of benzene rings is 2. The summed E-state index contributed by atoms with van der Waals surface area (Å²) in [6.45, 7) is 6.84. The molecule has 192 valence electrons. The van der Waals surface area contributed by atoms with Gasteiger partial charge in [-0.15, -0.1) is 0 Å². The van der Waals surface area contributed by atoms with Crippen LogP contribution in [0.2, 0.25) is 5.02 Å². The van der Waals surface area contributed by atoms with Crippen LogP contribution in [0.15, 0.2) is 76.4 Å². The lowest BCUT2D eigenvalue weighted by Gasteiger charge is -2.53. The number of aliphatic imine (C=N–C) groups is 2. The average Bonchev–Trinajstić information content (AvgIpc) is 3.04. The number of hydrogen-bond donors (Lipinski definition) is 1. The van der Waals surface area contributed by atoms with Crippen molar-refractivity contribution in [2.24, 2.45) is 21.1 Å². The van der Waals surface area contributed by atoms with Gasteiger partial charge in [-0.05, 0) is 71.6 Å². The molecule has 1 saturated heterocycles. The zero-order valence-corrected chi connectivity index (χ0v) is 23.0. The number of fused-ring (bicyclic) bond motifs is 3. The summed E-state index contributed by atoms with van der Waals surface area (Å²) < 4.78 is 0. The molecule has 0 bridgehead atoms. The van der Waals surface area contributed by atoms with E-state index in [4.69, 9.17) is 27.3 Å². The van der Waals surface area contributed by atoms with Gasteiger partial charge in [-0.3, -0.25) is 10.0 Å². The van der Waals surface area contributed by atoms with Crippen molar-refractivity contribution in [2.45, 2.75) is 70.6 Å². The number of allylic oxidation sites excluding steroid dienone is 2. The summed E-state index contributed by atoms with van der Waals surface area (Å²) in [5, 5.41) is 5.30. The van der Waals surface area contributed by atoms with Crippen LogP contribution in [0, 0.1) is 5.41 Å². The lowest BCUT2D eigenvalue weighted by atomic mass is 9.55. The predicted molar refractivity (Wildman–Crippen MR) is 154 cm³/mol. The number of rotatable bonds is 4. The standard InChI is InChI=1S/C31H36ClN5/c1-5-30(3)18-31(33,19-30)24-12-10-21(11-13-24)27-16-22(25-8-6-7-9-26(25)32)15-23-17-34-28-14-20(2)36(4)37(28)29(23)35-27/h6-13,16-17,20,29H,5,14-15,18-19,33H2,1-4H3. The van der Waals surface area contributed by atoms with E-state index in [0.717, 1.165) is 59.0 Å². The van der Waals surface area contributed by atoms with Crippen LogP contribution in [0.5, 0.6) is 0 Å². The van der Waals surface area contributed by atoms with Gasteiger partial charge in [-0.25, -0.2) is 10.0 Å². The van der Waals surface area contributed by atoms with Gasteiger partial charge in [0.15, 0.2) is 6.17 Å². The van der Waals surface area contributed by atoms with Gasteiger partial charge in [-0.1, -0.05) is 74.3 Å². The Morgan fingerprint density at radius 1 is 1.11 bits per heavy atom. The molecular formula is C31H36ClN5. The molecule has 0 amide bonds. The van der Waals surface area contributed by atoms with Gasteiger partial charge in [0, 0.05) is 36.3 Å². The molecule has 0 radical (unpaired) electrons. The van der Waals surface area contributed by atoms with Gasteiger partial charge in [0.25, 0.3) is 0 Å². The molecule has 2 unspecified atom stereocenters. The largest absolute Gasteiger partial charge is 0.321 e. The smallest absolute Gasteiger partial charge is 0.161 e. The Labute approximate surface area is 225 Å². The van der Waals surface area contributed by atoms with Crippen molar-refractivity contribution in [3.8, 4) is 0 Å². The van der Waals surface area contributed by atoms with Crippen molar-refractivity contribution < 1.29 is 0 Å². The molecule has 0 aromatic heterocycles. The summed E-state index contributed by atoms with van der Waals surface area (Å²) in [6.07, 6.45) is 9.03. The molecule has 2 atom stereocenters. The van der Waals surface area contributed by atoms with Gasteiger partial charge in [0.1, 0.15) is 5.84 Å². The van der Waals surface area contributed by atoms with Crippen molar-refractivity contribution in [3.05, 3.63) is 88.1 Å². The first kappa shape index (κ1) is 24.6. The second-order valence-electron chi connectivity index (χ2n) is 11.7. The van der Waals surface area contributed by atoms with Crippen LogP contribution in [0.3, 0.4) is 0 Å². The molecule has 6 rings (SSSR count). The molecular weight excluding hydrogens is 478 g/mol. The second-order valence-corrected chi connectivity index (χ2v) is 12.1. The predicted octanol–water partition coefficient (Wildman–Crippen LogP) is 6.54. The van der Waals surface area contributed by atoms with E-state index in [0.29, 0.717) is 11.5 Å². The fourth-order valence-electron chi connectivity index (χ4n) is 6.52. The number of hydrogen-bond acceptors (Lipinski definition) is 5. The maximum Gasteiger partial charge on any atom is 0.161 e. The lowest BCUT2D eigenvalue weighted by Crippen LogP contribution is -2.54. The van der Waals surface area contributed by atoms with Gasteiger partial charge in [0.2, 0.25) is 0 Å². The minimum atomic E-state index is -0.230. The molecule has 5 nitrogen and oxygen atoms in total. The summed E-state index contributed by atoms with van der Waals surface area (Å²) in [5.74, 6) is 1.08. The second kappa shape index (κ2) is 8.93. The van der Waals surface area contributed by atoms with E-state index >= 15 is 0 Å². The van der Waals surface area contributed by atoms with Crippen LogP contribution in [-0.4, -0.2) is 40.8 Å². The maximum atomic E-state index is 6.83. The summed E-state index contributed by atoms with van der Waals surface area (Å²) in [7, 11) is 2.14. The Bertz CT molecular complexity index is 1350. The fourth-order valence-corrected chi connectivity index (χ4v) is 6.78. The fraction of sp³-hybridized carbons (Fsp3) is 0.419. The van der Waals surface area contributed by atoms with Crippen molar-refractivity contribution in [1.29, 1.82) is 0 Å². The summed E-state index contributed by atoms with van der Waals surface area (Å²) in [5.41, 5.74) is 13.6. The molecule has 2 aromatic rings. The molecule has 2 N–H and O–H groups in total. The van der Waals surface area contributed by atoms with E-state index in [9.17, 15) is 0 Å². The minimum absolute atomic E-state index is 0.119. The Hall–Kier alpha value is -2.73. The number of amidine groups is 1. The van der Waals surface area contributed by atoms with Crippen LogP contribution in [0.1, 0.15) is 69.6 Å². The molecule has 3 aliphatic heterocycles. The van der Waals surface area contributed by atoms with Crippen molar-refractivity contribution >= 4 is 28.7 Å². The van der Waals surface area contributed by atoms with Gasteiger partial charge < -0.3 is 5.73 Å². The topological polar surface area (TPSA) is 57.2 Å². The Balaban J connectivity index is 1.40. The highest BCUT2D eigenvalue weighted by Crippen LogP contribution is 2.54. The minimum Gasteiger partial charge on any atom is -0.321 e. The van der Waals surface area contributed by atoms with E-state index in [-0.39, 0.29) is 11.7 Å². The van der Waals surface area contributed by atoms with Crippen LogP contribution >= 0.6 is 11.6 Å². The van der Waals surface area contributed by atoms with E-state index in [2.05, 4.69) is 74.2 Å². The third-order valence-corrected chi connectivity index (χ3v) is 9.27. The first-order valence-electron chi connectivity index (χ1n) is 13.4. The molecule has 0 spiro atoms. The van der Waals surface area contributed by atoms with Gasteiger partial charge in [0.05, 0.1) is 5.71 Å². The van der Waals surface area contributed by atoms with Crippen molar-refractivity contribution in [2.75, 3.05) is 7.05 Å². The van der Waals surface area contributed by atoms with E-state index in [1.54, 1.807) is 0 Å². The molecule has 1 aliphatic carbocycles. The Morgan fingerprint density at radius 3 is 2.54 bits per heavy atom. The van der Waals surface area contributed by atoms with Crippen LogP contribution in [0.4, 0.5) is 0 Å². The normalized spacial score (nSPS) is 31.4. The van der Waals surface area contributed by atoms with Crippen LogP contribution in [0.25, 0.3) is 5.57 Å². The van der Waals surface area contributed by atoms with Gasteiger partial charge in [-0.2, -0.15) is 0 Å². The number of hydrazine groups is 1.